The second-order valence-corrected chi connectivity index (χ2v) is 4.97. The Morgan fingerprint density at radius 1 is 1.33 bits per heavy atom. The van der Waals surface area contributed by atoms with Crippen molar-refractivity contribution in [3.63, 3.8) is 0 Å². The van der Waals surface area contributed by atoms with E-state index in [9.17, 15) is 4.79 Å². The van der Waals surface area contributed by atoms with Crippen LogP contribution in [0, 0.1) is 13.8 Å². The summed E-state index contributed by atoms with van der Waals surface area (Å²) in [6.07, 6.45) is 2.79. The van der Waals surface area contributed by atoms with Crippen LogP contribution in [0.4, 0.5) is 0 Å². The maximum Gasteiger partial charge on any atom is 0.244 e. The van der Waals surface area contributed by atoms with Crippen molar-refractivity contribution < 1.29 is 9.53 Å². The van der Waals surface area contributed by atoms with Crippen LogP contribution in [0.3, 0.4) is 0 Å². The van der Waals surface area contributed by atoms with Crippen molar-refractivity contribution in [1.82, 2.24) is 5.43 Å². The summed E-state index contributed by atoms with van der Waals surface area (Å²) in [5, 5.41) is 0. The monoisotopic (exact) mass is 248 g/mol. The van der Waals surface area contributed by atoms with E-state index in [-0.39, 0.29) is 5.91 Å². The van der Waals surface area contributed by atoms with Crippen molar-refractivity contribution >= 4 is 5.91 Å². The molecule has 0 aliphatic heterocycles. The van der Waals surface area contributed by atoms with E-state index in [1.54, 1.807) is 7.11 Å². The predicted octanol–water partition coefficient (Wildman–Crippen LogP) is 1.72. The van der Waals surface area contributed by atoms with E-state index in [1.807, 2.05) is 26.0 Å². The Morgan fingerprint density at radius 3 is 2.44 bits per heavy atom. The molecule has 0 spiro atoms. The van der Waals surface area contributed by atoms with Crippen molar-refractivity contribution in [1.29, 1.82) is 0 Å². The van der Waals surface area contributed by atoms with Crippen LogP contribution in [0.5, 0.6) is 5.75 Å². The third kappa shape index (κ3) is 1.68. The van der Waals surface area contributed by atoms with Gasteiger partial charge in [-0.1, -0.05) is 12.5 Å². The minimum Gasteiger partial charge on any atom is -0.496 e. The molecule has 4 nitrogen and oxygen atoms in total. The highest BCUT2D eigenvalue weighted by Gasteiger charge is 2.46. The van der Waals surface area contributed by atoms with Gasteiger partial charge in [0.15, 0.2) is 0 Å². The molecule has 0 unspecified atom stereocenters. The van der Waals surface area contributed by atoms with Gasteiger partial charge in [-0.25, -0.2) is 5.84 Å². The number of nitrogens with one attached hydrogen (secondary N) is 1. The van der Waals surface area contributed by atoms with Gasteiger partial charge >= 0.3 is 0 Å². The molecule has 0 saturated heterocycles. The topological polar surface area (TPSA) is 64.3 Å². The van der Waals surface area contributed by atoms with Gasteiger partial charge in [0.05, 0.1) is 12.5 Å². The summed E-state index contributed by atoms with van der Waals surface area (Å²) in [6, 6.07) is 3.93. The highest BCUT2D eigenvalue weighted by atomic mass is 16.5. The largest absolute Gasteiger partial charge is 0.496 e. The maximum atomic E-state index is 12.1. The molecule has 1 fully saturated rings. The molecule has 1 aromatic rings. The van der Waals surface area contributed by atoms with Gasteiger partial charge in [-0.05, 0) is 49.4 Å². The maximum absolute atomic E-state index is 12.1. The predicted molar refractivity (Wildman–Crippen MR) is 70.3 cm³/mol. The van der Waals surface area contributed by atoms with Crippen molar-refractivity contribution in [2.24, 2.45) is 5.84 Å². The molecule has 2 rings (SSSR count). The van der Waals surface area contributed by atoms with Gasteiger partial charge in [0, 0.05) is 0 Å². The summed E-state index contributed by atoms with van der Waals surface area (Å²) in [4.78, 5) is 12.1. The Bertz CT molecular complexity index is 479. The molecular weight excluding hydrogens is 228 g/mol. The first-order valence-corrected chi connectivity index (χ1v) is 6.22. The number of hydrogen-bond donors (Lipinski definition) is 2. The highest BCUT2D eigenvalue weighted by molar-refractivity contribution is 5.89. The number of benzene rings is 1. The van der Waals surface area contributed by atoms with Gasteiger partial charge in [0.1, 0.15) is 5.75 Å². The Kier molecular flexibility index (Phi) is 3.30. The Labute approximate surface area is 107 Å². The summed E-state index contributed by atoms with van der Waals surface area (Å²) in [5.74, 6) is 6.10. The van der Waals surface area contributed by atoms with Crippen LogP contribution in [0.25, 0.3) is 0 Å². The van der Waals surface area contributed by atoms with Gasteiger partial charge in [-0.15, -0.1) is 0 Å². The van der Waals surface area contributed by atoms with Gasteiger partial charge in [0.2, 0.25) is 5.91 Å². The molecular formula is C14H20N2O2. The fourth-order valence-corrected chi connectivity index (χ4v) is 2.82. The fraction of sp³-hybridized carbons (Fsp3) is 0.500. The van der Waals surface area contributed by atoms with Crippen molar-refractivity contribution in [2.45, 2.75) is 38.5 Å². The van der Waals surface area contributed by atoms with Crippen molar-refractivity contribution in [2.75, 3.05) is 7.11 Å². The number of carbonyl (C=O) groups excluding carboxylic acids is 1. The highest BCUT2D eigenvalue weighted by Crippen LogP contribution is 2.46. The van der Waals surface area contributed by atoms with Crippen molar-refractivity contribution in [3.8, 4) is 5.75 Å². The number of amides is 1. The third-order valence-electron chi connectivity index (χ3n) is 4.25. The van der Waals surface area contributed by atoms with Crippen LogP contribution in [0.15, 0.2) is 12.1 Å². The Hall–Kier alpha value is -1.55. The van der Waals surface area contributed by atoms with Crippen molar-refractivity contribution in [3.05, 3.63) is 28.8 Å². The van der Waals surface area contributed by atoms with E-state index in [2.05, 4.69) is 5.43 Å². The molecule has 18 heavy (non-hydrogen) atoms. The number of carbonyl (C=O) groups is 1. The molecule has 4 heteroatoms. The number of ether oxygens (including phenoxy) is 1. The van der Waals surface area contributed by atoms with Gasteiger partial charge in [-0.2, -0.15) is 0 Å². The zero-order valence-corrected chi connectivity index (χ0v) is 11.2. The van der Waals surface area contributed by atoms with E-state index < -0.39 is 5.41 Å². The van der Waals surface area contributed by atoms with Crippen LogP contribution in [0.1, 0.15) is 36.0 Å². The number of hydrogen-bond acceptors (Lipinski definition) is 3. The standard InChI is InChI=1S/C14H20N2O2/c1-9-10(2)12(18-3)6-5-11(9)14(7-4-8-14)13(17)16-15/h5-6H,4,7-8,15H2,1-3H3,(H,16,17). The smallest absolute Gasteiger partial charge is 0.244 e. The molecule has 0 bridgehead atoms. The van der Waals surface area contributed by atoms with Crippen LogP contribution >= 0.6 is 0 Å². The summed E-state index contributed by atoms with van der Waals surface area (Å²) in [7, 11) is 1.66. The van der Waals surface area contributed by atoms with Crippen LogP contribution in [-0.2, 0) is 10.2 Å². The molecule has 1 saturated carbocycles. The minimum atomic E-state index is -0.435. The summed E-state index contributed by atoms with van der Waals surface area (Å²) in [6.45, 7) is 4.06. The first-order valence-electron chi connectivity index (χ1n) is 6.22. The molecule has 3 N–H and O–H groups in total. The first kappa shape index (κ1) is 12.9. The molecule has 0 atom stereocenters. The summed E-state index contributed by atoms with van der Waals surface area (Å²) < 4.78 is 5.31. The normalized spacial score (nSPS) is 16.9. The van der Waals surface area contributed by atoms with E-state index in [1.165, 1.54) is 0 Å². The van der Waals surface area contributed by atoms with Crippen LogP contribution in [-0.4, -0.2) is 13.0 Å². The van der Waals surface area contributed by atoms with E-state index in [0.717, 1.165) is 41.7 Å². The van der Waals surface area contributed by atoms with Gasteiger partial charge < -0.3 is 4.74 Å². The van der Waals surface area contributed by atoms with Crippen LogP contribution < -0.4 is 16.0 Å². The molecule has 0 radical (unpaired) electrons. The summed E-state index contributed by atoms with van der Waals surface area (Å²) >= 11 is 0. The van der Waals surface area contributed by atoms with Gasteiger partial charge in [-0.3, -0.25) is 10.2 Å². The number of nitrogens with two attached hydrogens (primary N) is 1. The van der Waals surface area contributed by atoms with Crippen LogP contribution in [0.2, 0.25) is 0 Å². The van der Waals surface area contributed by atoms with E-state index in [0.29, 0.717) is 0 Å². The Balaban J connectivity index is 2.51. The fourth-order valence-electron chi connectivity index (χ4n) is 2.82. The zero-order chi connectivity index (χ0) is 13.3. The zero-order valence-electron chi connectivity index (χ0n) is 11.2. The van der Waals surface area contributed by atoms with E-state index >= 15 is 0 Å². The quantitative estimate of drug-likeness (QED) is 0.486. The molecule has 1 aliphatic carbocycles. The molecule has 0 aromatic heterocycles. The molecule has 1 aromatic carbocycles. The first-order chi connectivity index (χ1) is 8.56. The number of hydrazine groups is 1. The molecule has 1 amide bonds. The van der Waals surface area contributed by atoms with Gasteiger partial charge in [0.25, 0.3) is 0 Å². The lowest BCUT2D eigenvalue weighted by Crippen LogP contribution is -2.51. The third-order valence-corrected chi connectivity index (χ3v) is 4.25. The van der Waals surface area contributed by atoms with E-state index in [4.69, 9.17) is 10.6 Å². The number of rotatable bonds is 3. The Morgan fingerprint density at radius 2 is 2.00 bits per heavy atom. The lowest BCUT2D eigenvalue weighted by molar-refractivity contribution is -0.130. The lowest BCUT2D eigenvalue weighted by atomic mass is 9.62. The average molecular weight is 248 g/mol. The minimum absolute atomic E-state index is 0.0820. The summed E-state index contributed by atoms with van der Waals surface area (Å²) in [5.41, 5.74) is 5.17. The SMILES string of the molecule is COc1ccc(C2(C(=O)NN)CCC2)c(C)c1C. The molecule has 0 heterocycles. The second-order valence-electron chi connectivity index (χ2n) is 4.97. The average Bonchev–Trinajstić information content (AvgIpc) is 2.33. The molecule has 98 valence electrons. The number of methoxy groups -OCH3 is 1. The molecule has 1 aliphatic rings. The second kappa shape index (κ2) is 4.61. The lowest BCUT2D eigenvalue weighted by Gasteiger charge is -2.41.